The number of hydrogen-bond acceptors (Lipinski definition) is 6. The van der Waals surface area contributed by atoms with Gasteiger partial charge in [0.15, 0.2) is 0 Å². The van der Waals surface area contributed by atoms with E-state index in [2.05, 4.69) is 5.32 Å². The standard InChI is InChI=1S/C35H41FN4O7/c1-20(22-7-8-22)38(18-21-5-11-25(36)12-6-21)28(41)19-39-31(43)35(47-33(39)46)16-15-24-17-26(13-14-27(24)35)37-30(42)29(23-9-10-23)40(32(44)45)34(2,3)4/h5-6,11-14,17,20,22-23,29H,7-10,15-16,18-19H2,1-4H3,(H,37,42)(H,44,45)/t20-,29+,35?/m0/s1. The van der Waals surface area contributed by atoms with Crippen molar-refractivity contribution < 1.29 is 38.2 Å². The maximum atomic E-state index is 13.9. The van der Waals surface area contributed by atoms with E-state index >= 15 is 0 Å². The first-order valence-corrected chi connectivity index (χ1v) is 16.2. The number of hydrogen-bond donors (Lipinski definition) is 2. The van der Waals surface area contributed by atoms with E-state index in [-0.39, 0.29) is 30.7 Å². The van der Waals surface area contributed by atoms with Gasteiger partial charge in [0, 0.05) is 35.8 Å². The number of aryl methyl sites for hydroxylation is 1. The highest BCUT2D eigenvalue weighted by Gasteiger charge is 2.58. The number of carbonyl (C=O) groups is 5. The van der Waals surface area contributed by atoms with Crippen LogP contribution in [-0.2, 0) is 37.7 Å². The lowest BCUT2D eigenvalue weighted by Crippen LogP contribution is -2.56. The van der Waals surface area contributed by atoms with E-state index in [1.54, 1.807) is 56.0 Å². The van der Waals surface area contributed by atoms with Crippen LogP contribution in [0.1, 0.15) is 76.5 Å². The summed E-state index contributed by atoms with van der Waals surface area (Å²) < 4.78 is 19.3. The molecule has 1 spiro atoms. The van der Waals surface area contributed by atoms with Crippen LogP contribution < -0.4 is 5.32 Å². The van der Waals surface area contributed by atoms with Crippen LogP contribution in [0.4, 0.5) is 19.7 Å². The Morgan fingerprint density at radius 1 is 1.06 bits per heavy atom. The van der Waals surface area contributed by atoms with Gasteiger partial charge in [0.1, 0.15) is 18.4 Å². The molecule has 3 atom stereocenters. The minimum atomic E-state index is -1.57. The van der Waals surface area contributed by atoms with Crippen molar-refractivity contribution in [1.82, 2.24) is 14.7 Å². The van der Waals surface area contributed by atoms with Gasteiger partial charge in [-0.2, -0.15) is 0 Å². The third-order valence-corrected chi connectivity index (χ3v) is 9.85. The third kappa shape index (κ3) is 6.29. The van der Waals surface area contributed by atoms with Crippen LogP contribution in [0.5, 0.6) is 0 Å². The zero-order chi connectivity index (χ0) is 33.8. The maximum absolute atomic E-state index is 13.9. The summed E-state index contributed by atoms with van der Waals surface area (Å²) in [5.41, 5.74) is 0.0517. The lowest BCUT2D eigenvalue weighted by atomic mass is 9.94. The summed E-state index contributed by atoms with van der Waals surface area (Å²) in [7, 11) is 0. The first-order valence-electron chi connectivity index (χ1n) is 16.2. The summed E-state index contributed by atoms with van der Waals surface area (Å²) in [5, 5.41) is 12.8. The van der Waals surface area contributed by atoms with E-state index in [0.29, 0.717) is 29.2 Å². The quantitative estimate of drug-likeness (QED) is 0.358. The normalized spacial score (nSPS) is 21.7. The summed E-state index contributed by atoms with van der Waals surface area (Å²) in [5.74, 6) is -1.55. The molecule has 5 amide bonds. The molecule has 2 aromatic carbocycles. The molecular weight excluding hydrogens is 607 g/mol. The van der Waals surface area contributed by atoms with Gasteiger partial charge < -0.3 is 20.1 Å². The van der Waals surface area contributed by atoms with Gasteiger partial charge in [-0.3, -0.25) is 19.3 Å². The Morgan fingerprint density at radius 3 is 2.32 bits per heavy atom. The molecule has 12 heteroatoms. The predicted octanol–water partition coefficient (Wildman–Crippen LogP) is 5.27. The van der Waals surface area contributed by atoms with Crippen molar-refractivity contribution in [3.05, 3.63) is 65.0 Å². The van der Waals surface area contributed by atoms with Crippen LogP contribution in [0.25, 0.3) is 0 Å². The Labute approximate surface area is 273 Å². The van der Waals surface area contributed by atoms with Crippen molar-refractivity contribution >= 4 is 35.6 Å². The monoisotopic (exact) mass is 648 g/mol. The van der Waals surface area contributed by atoms with Gasteiger partial charge in [-0.25, -0.2) is 18.9 Å². The first kappa shape index (κ1) is 32.5. The average Bonchev–Trinajstić information content (AvgIpc) is 3.94. The highest BCUT2D eigenvalue weighted by Crippen LogP contribution is 2.46. The number of carboxylic acid groups (broad SMARTS) is 1. The minimum Gasteiger partial charge on any atom is -0.465 e. The molecule has 3 fully saturated rings. The molecule has 0 bridgehead atoms. The number of halogens is 1. The molecular formula is C35H41FN4O7. The summed E-state index contributed by atoms with van der Waals surface area (Å²) in [6.07, 6.45) is 2.02. The van der Waals surface area contributed by atoms with Gasteiger partial charge in [-0.1, -0.05) is 18.2 Å². The lowest BCUT2D eigenvalue weighted by molar-refractivity contribution is -0.143. The van der Waals surface area contributed by atoms with Gasteiger partial charge >= 0.3 is 12.2 Å². The Bertz CT molecular complexity index is 1610. The second kappa shape index (κ2) is 12.0. The van der Waals surface area contributed by atoms with E-state index in [4.69, 9.17) is 4.74 Å². The number of amides is 5. The van der Waals surface area contributed by atoms with Gasteiger partial charge in [0.2, 0.25) is 17.4 Å². The van der Waals surface area contributed by atoms with Crippen LogP contribution in [0.3, 0.4) is 0 Å². The topological polar surface area (TPSA) is 137 Å². The largest absolute Gasteiger partial charge is 0.465 e. The number of imide groups is 1. The fourth-order valence-corrected chi connectivity index (χ4v) is 7.03. The fraction of sp³-hybridized carbons (Fsp3) is 0.514. The number of nitrogens with one attached hydrogen (secondary N) is 1. The summed E-state index contributed by atoms with van der Waals surface area (Å²) in [6, 6.07) is 9.92. The minimum absolute atomic E-state index is 0.0638. The molecule has 1 unspecified atom stereocenters. The average molecular weight is 649 g/mol. The molecule has 6 rings (SSSR count). The van der Waals surface area contributed by atoms with Crippen LogP contribution in [0.15, 0.2) is 42.5 Å². The van der Waals surface area contributed by atoms with Crippen LogP contribution in [0.2, 0.25) is 0 Å². The molecule has 1 saturated heterocycles. The number of benzene rings is 2. The third-order valence-electron chi connectivity index (χ3n) is 9.85. The van der Waals surface area contributed by atoms with Crippen molar-refractivity contribution in [2.45, 2.75) is 96.0 Å². The number of ether oxygens (including phenoxy) is 1. The lowest BCUT2D eigenvalue weighted by Gasteiger charge is -2.39. The zero-order valence-corrected chi connectivity index (χ0v) is 27.1. The van der Waals surface area contributed by atoms with E-state index in [9.17, 15) is 33.5 Å². The number of nitrogens with zero attached hydrogens (tertiary/aromatic N) is 3. The zero-order valence-electron chi connectivity index (χ0n) is 27.1. The van der Waals surface area contributed by atoms with Crippen molar-refractivity contribution in [2.24, 2.45) is 11.8 Å². The van der Waals surface area contributed by atoms with Crippen molar-refractivity contribution in [2.75, 3.05) is 11.9 Å². The molecule has 2 saturated carbocycles. The van der Waals surface area contributed by atoms with E-state index < -0.39 is 53.6 Å². The number of carbonyl (C=O) groups excluding carboxylic acids is 4. The molecule has 250 valence electrons. The van der Waals surface area contributed by atoms with Crippen LogP contribution in [-0.4, -0.2) is 73.9 Å². The SMILES string of the molecule is C[C@@H](C1CC1)N(Cc1ccc(F)cc1)C(=O)CN1C(=O)OC2(CCc3cc(NC(=O)[C@@H](C4CC4)N(C(=O)O)C(C)(C)C)ccc32)C1=O. The molecule has 3 aliphatic carbocycles. The van der Waals surface area contributed by atoms with Crippen LogP contribution >= 0.6 is 0 Å². The number of fused-ring (bicyclic) bond motifs is 2. The Balaban J connectivity index is 1.18. The second-order valence-electron chi connectivity index (χ2n) is 14.3. The molecule has 1 heterocycles. The maximum Gasteiger partial charge on any atom is 0.418 e. The number of anilines is 1. The summed E-state index contributed by atoms with van der Waals surface area (Å²) in [6.45, 7) is 6.96. The first-order chi connectivity index (χ1) is 22.2. The van der Waals surface area contributed by atoms with Gasteiger partial charge in [-0.05, 0) is 107 Å². The second-order valence-corrected chi connectivity index (χ2v) is 14.3. The summed E-state index contributed by atoms with van der Waals surface area (Å²) in [4.78, 5) is 70.0. The Hall–Kier alpha value is -4.48. The Morgan fingerprint density at radius 2 is 1.72 bits per heavy atom. The van der Waals surface area contributed by atoms with E-state index in [1.807, 2.05) is 6.92 Å². The molecule has 47 heavy (non-hydrogen) atoms. The molecule has 1 aliphatic heterocycles. The van der Waals surface area contributed by atoms with E-state index in [1.165, 1.54) is 17.0 Å². The molecule has 11 nitrogen and oxygen atoms in total. The molecule has 0 radical (unpaired) electrons. The van der Waals surface area contributed by atoms with Crippen molar-refractivity contribution in [3.8, 4) is 0 Å². The highest BCUT2D eigenvalue weighted by atomic mass is 19.1. The molecule has 2 aromatic rings. The summed E-state index contributed by atoms with van der Waals surface area (Å²) >= 11 is 0. The Kier molecular flexibility index (Phi) is 8.26. The number of rotatable bonds is 10. The van der Waals surface area contributed by atoms with Gasteiger partial charge in [0.05, 0.1) is 0 Å². The van der Waals surface area contributed by atoms with Gasteiger partial charge in [0.25, 0.3) is 5.91 Å². The predicted molar refractivity (Wildman–Crippen MR) is 169 cm³/mol. The molecule has 0 aromatic heterocycles. The molecule has 4 aliphatic rings. The van der Waals surface area contributed by atoms with Gasteiger partial charge in [-0.15, -0.1) is 0 Å². The molecule has 2 N–H and O–H groups in total. The van der Waals surface area contributed by atoms with Crippen LogP contribution in [0, 0.1) is 17.7 Å². The smallest absolute Gasteiger partial charge is 0.418 e. The van der Waals surface area contributed by atoms with E-state index in [0.717, 1.165) is 36.1 Å². The highest BCUT2D eigenvalue weighted by molar-refractivity contribution is 6.06. The van der Waals surface area contributed by atoms with Crippen molar-refractivity contribution in [3.63, 3.8) is 0 Å². The van der Waals surface area contributed by atoms with Crippen molar-refractivity contribution in [1.29, 1.82) is 0 Å². The fourth-order valence-electron chi connectivity index (χ4n) is 7.03.